The van der Waals surface area contributed by atoms with Crippen molar-refractivity contribution in [2.24, 2.45) is 41.4 Å². The number of hydrogen-bond acceptors (Lipinski definition) is 1. The second-order valence-electron chi connectivity index (χ2n) is 14.5. The van der Waals surface area contributed by atoms with Crippen LogP contribution in [0.25, 0.3) is 0 Å². The summed E-state index contributed by atoms with van der Waals surface area (Å²) in [5.41, 5.74) is 0. The van der Waals surface area contributed by atoms with E-state index in [2.05, 4.69) is 25.7 Å². The molecule has 0 radical (unpaired) electrons. The number of rotatable bonds is 5. The molecule has 5 saturated carbocycles. The fourth-order valence-electron chi connectivity index (χ4n) is 9.72. The van der Waals surface area contributed by atoms with Crippen molar-refractivity contribution < 1.29 is 0 Å². The van der Waals surface area contributed by atoms with E-state index in [1.54, 1.807) is 51.4 Å². The molecule has 0 amide bonds. The highest BCUT2D eigenvalue weighted by Crippen LogP contribution is 2.46. The lowest BCUT2D eigenvalue weighted by Crippen LogP contribution is -2.53. The first-order valence-electron chi connectivity index (χ1n) is 16.3. The van der Waals surface area contributed by atoms with E-state index in [4.69, 9.17) is 0 Å². The Bertz CT molecular complexity index is 582. The second kappa shape index (κ2) is 12.0. The largest absolute Gasteiger partial charge is 0.294 e. The maximum Gasteiger partial charge on any atom is 0.0104 e. The molecule has 34 heavy (non-hydrogen) atoms. The van der Waals surface area contributed by atoms with Crippen molar-refractivity contribution in [1.82, 2.24) is 4.90 Å². The topological polar surface area (TPSA) is 3.24 Å². The first kappa shape index (κ1) is 25.6. The Morgan fingerprint density at radius 1 is 0.353 bits per heavy atom. The van der Waals surface area contributed by atoms with Crippen LogP contribution in [0.1, 0.15) is 149 Å². The van der Waals surface area contributed by atoms with Gasteiger partial charge in [-0.3, -0.25) is 4.90 Å². The highest BCUT2D eigenvalue weighted by molar-refractivity contribution is 4.94. The minimum Gasteiger partial charge on any atom is -0.294 e. The Labute approximate surface area is 213 Å². The summed E-state index contributed by atoms with van der Waals surface area (Å²) in [5.74, 6) is 7.25. The summed E-state index contributed by atoms with van der Waals surface area (Å²) in [6, 6.07) is 2.77. The highest BCUT2D eigenvalue weighted by Gasteiger charge is 2.40. The molecule has 5 aliphatic rings. The molecule has 196 valence electrons. The molecule has 0 aromatic rings. The van der Waals surface area contributed by atoms with Crippen LogP contribution >= 0.6 is 0 Å². The SMILES string of the molecule is CC1CCC(C2CCC(N(C3CCC(C)CC3)C3CCCC(C4CCC(C)CC4)C3)CC2)CC1. The van der Waals surface area contributed by atoms with Crippen molar-refractivity contribution in [2.45, 2.75) is 167 Å². The number of hydrogen-bond donors (Lipinski definition) is 0. The van der Waals surface area contributed by atoms with Gasteiger partial charge in [-0.15, -0.1) is 0 Å². The summed E-state index contributed by atoms with van der Waals surface area (Å²) in [4.78, 5) is 3.25. The lowest BCUT2D eigenvalue weighted by molar-refractivity contribution is -0.0118. The quantitative estimate of drug-likeness (QED) is 0.387. The molecule has 5 aliphatic carbocycles. The normalized spacial score (nSPS) is 46.9. The zero-order valence-corrected chi connectivity index (χ0v) is 23.4. The van der Waals surface area contributed by atoms with Crippen LogP contribution in [0.2, 0.25) is 0 Å². The molecular formula is C33H59N. The van der Waals surface area contributed by atoms with Crippen LogP contribution in [0, 0.1) is 41.4 Å². The van der Waals surface area contributed by atoms with E-state index in [1.807, 2.05) is 0 Å². The Hall–Kier alpha value is -0.0400. The van der Waals surface area contributed by atoms with E-state index in [0.717, 1.165) is 59.6 Å². The van der Waals surface area contributed by atoms with Gasteiger partial charge in [0.1, 0.15) is 0 Å². The maximum atomic E-state index is 3.25. The Balaban J connectivity index is 1.23. The van der Waals surface area contributed by atoms with Gasteiger partial charge >= 0.3 is 0 Å². The zero-order valence-electron chi connectivity index (χ0n) is 23.4. The number of nitrogens with zero attached hydrogens (tertiary/aromatic N) is 1. The summed E-state index contributed by atoms with van der Waals surface area (Å²) in [6.45, 7) is 7.49. The van der Waals surface area contributed by atoms with Crippen molar-refractivity contribution >= 4 is 0 Å². The molecule has 0 bridgehead atoms. The predicted molar refractivity (Wildman–Crippen MR) is 147 cm³/mol. The second-order valence-corrected chi connectivity index (χ2v) is 14.5. The van der Waals surface area contributed by atoms with Crippen LogP contribution in [-0.4, -0.2) is 23.0 Å². The molecule has 2 atom stereocenters. The third kappa shape index (κ3) is 6.26. The lowest BCUT2D eigenvalue weighted by Gasteiger charge is -2.51. The lowest BCUT2D eigenvalue weighted by atomic mass is 9.68. The zero-order chi connectivity index (χ0) is 23.5. The molecule has 0 heterocycles. The van der Waals surface area contributed by atoms with Gasteiger partial charge in [-0.1, -0.05) is 59.3 Å². The van der Waals surface area contributed by atoms with Gasteiger partial charge in [0.15, 0.2) is 0 Å². The van der Waals surface area contributed by atoms with E-state index >= 15 is 0 Å². The fraction of sp³-hybridized carbons (Fsp3) is 1.00. The molecule has 2 unspecified atom stereocenters. The van der Waals surface area contributed by atoms with Crippen molar-refractivity contribution in [1.29, 1.82) is 0 Å². The Morgan fingerprint density at radius 3 is 1.24 bits per heavy atom. The predicted octanol–water partition coefficient (Wildman–Crippen LogP) is 9.64. The standard InChI is InChI=1S/C33H59N/c1-24-7-13-27(14-8-24)28-17-21-32(22-18-28)34(31-19-11-26(3)12-20-31)33-6-4-5-30(23-33)29-15-9-25(2)10-16-29/h24-33H,4-23H2,1-3H3. The van der Waals surface area contributed by atoms with Gasteiger partial charge in [0.25, 0.3) is 0 Å². The van der Waals surface area contributed by atoms with Crippen molar-refractivity contribution in [3.05, 3.63) is 0 Å². The third-order valence-corrected chi connectivity index (χ3v) is 12.1. The molecule has 5 fully saturated rings. The van der Waals surface area contributed by atoms with Crippen LogP contribution in [0.15, 0.2) is 0 Å². The minimum atomic E-state index is 0.920. The summed E-state index contributed by atoms with van der Waals surface area (Å²) in [7, 11) is 0. The van der Waals surface area contributed by atoms with Gasteiger partial charge in [-0.05, 0) is 131 Å². The smallest absolute Gasteiger partial charge is 0.0104 e. The minimum absolute atomic E-state index is 0.920. The molecule has 0 N–H and O–H groups in total. The molecule has 5 rings (SSSR count). The summed E-state index contributed by atoms with van der Waals surface area (Å²) in [6.07, 6.45) is 30.6. The third-order valence-electron chi connectivity index (χ3n) is 12.1. The fourth-order valence-corrected chi connectivity index (χ4v) is 9.72. The molecular weight excluding hydrogens is 410 g/mol. The first-order chi connectivity index (χ1) is 16.6. The van der Waals surface area contributed by atoms with Crippen molar-refractivity contribution in [2.75, 3.05) is 0 Å². The van der Waals surface area contributed by atoms with Crippen LogP contribution in [-0.2, 0) is 0 Å². The molecule has 1 nitrogen and oxygen atoms in total. The van der Waals surface area contributed by atoms with Crippen LogP contribution < -0.4 is 0 Å². The molecule has 0 aromatic carbocycles. The van der Waals surface area contributed by atoms with Crippen molar-refractivity contribution in [3.63, 3.8) is 0 Å². The Kier molecular flexibility index (Phi) is 9.04. The summed E-state index contributed by atoms with van der Waals surface area (Å²) in [5, 5.41) is 0. The summed E-state index contributed by atoms with van der Waals surface area (Å²) < 4.78 is 0. The van der Waals surface area contributed by atoms with Crippen molar-refractivity contribution in [3.8, 4) is 0 Å². The van der Waals surface area contributed by atoms with E-state index in [1.165, 1.54) is 77.0 Å². The average molecular weight is 470 g/mol. The maximum absolute atomic E-state index is 3.25. The molecule has 0 spiro atoms. The summed E-state index contributed by atoms with van der Waals surface area (Å²) >= 11 is 0. The van der Waals surface area contributed by atoms with E-state index < -0.39 is 0 Å². The van der Waals surface area contributed by atoms with Crippen LogP contribution in [0.5, 0.6) is 0 Å². The van der Waals surface area contributed by atoms with Gasteiger partial charge in [0, 0.05) is 18.1 Å². The van der Waals surface area contributed by atoms with Gasteiger partial charge < -0.3 is 0 Å². The molecule has 0 aliphatic heterocycles. The molecule has 0 aromatic heterocycles. The Morgan fingerprint density at radius 2 is 0.735 bits per heavy atom. The van der Waals surface area contributed by atoms with Gasteiger partial charge in [0.05, 0.1) is 0 Å². The van der Waals surface area contributed by atoms with E-state index in [-0.39, 0.29) is 0 Å². The molecule has 1 heteroatoms. The van der Waals surface area contributed by atoms with Gasteiger partial charge in [-0.25, -0.2) is 0 Å². The van der Waals surface area contributed by atoms with Gasteiger partial charge in [0.2, 0.25) is 0 Å². The van der Waals surface area contributed by atoms with E-state index in [9.17, 15) is 0 Å². The monoisotopic (exact) mass is 469 g/mol. The van der Waals surface area contributed by atoms with E-state index in [0.29, 0.717) is 0 Å². The molecule has 0 saturated heterocycles. The first-order valence-corrected chi connectivity index (χ1v) is 16.3. The van der Waals surface area contributed by atoms with Crippen LogP contribution in [0.4, 0.5) is 0 Å². The average Bonchev–Trinajstić information content (AvgIpc) is 2.87. The van der Waals surface area contributed by atoms with Gasteiger partial charge in [-0.2, -0.15) is 0 Å². The van der Waals surface area contributed by atoms with Crippen LogP contribution in [0.3, 0.4) is 0 Å². The highest BCUT2D eigenvalue weighted by atomic mass is 15.2.